The highest BCUT2D eigenvalue weighted by Crippen LogP contribution is 2.47. The molecule has 3 fully saturated rings. The quantitative estimate of drug-likeness (QED) is 0.685. The largest absolute Gasteiger partial charge is 0.465 e. The summed E-state index contributed by atoms with van der Waals surface area (Å²) in [5, 5.41) is 13.5. The van der Waals surface area contributed by atoms with Gasteiger partial charge >= 0.3 is 12.1 Å². The summed E-state index contributed by atoms with van der Waals surface area (Å²) in [6.07, 6.45) is 7.55. The second-order valence-electron chi connectivity index (χ2n) is 9.30. The van der Waals surface area contributed by atoms with Crippen molar-refractivity contribution < 1.29 is 19.4 Å². The van der Waals surface area contributed by atoms with Crippen LogP contribution in [0.4, 0.5) is 10.6 Å². The zero-order valence-corrected chi connectivity index (χ0v) is 18.9. The minimum atomic E-state index is -0.796. The summed E-state index contributed by atoms with van der Waals surface area (Å²) in [5.41, 5.74) is 1.46. The Balaban J connectivity index is 1.22. The van der Waals surface area contributed by atoms with E-state index in [1.54, 1.807) is 24.0 Å². The van der Waals surface area contributed by atoms with Crippen LogP contribution in [0.15, 0.2) is 30.7 Å². The molecular formula is C23H30N6O4. The van der Waals surface area contributed by atoms with Gasteiger partial charge in [-0.3, -0.25) is 4.90 Å². The summed E-state index contributed by atoms with van der Waals surface area (Å²) in [4.78, 5) is 34.2. The highest BCUT2D eigenvalue weighted by atomic mass is 16.5. The van der Waals surface area contributed by atoms with E-state index in [4.69, 9.17) is 9.84 Å². The Morgan fingerprint density at radius 2 is 2.03 bits per heavy atom. The smallest absolute Gasteiger partial charge is 0.407 e. The molecule has 2 aromatic heterocycles. The molecule has 3 aliphatic rings. The molecule has 10 nitrogen and oxygen atoms in total. The van der Waals surface area contributed by atoms with Gasteiger partial charge in [0.15, 0.2) is 5.82 Å². The van der Waals surface area contributed by atoms with Gasteiger partial charge in [-0.15, -0.1) is 0 Å². The molecule has 0 radical (unpaired) electrons. The van der Waals surface area contributed by atoms with Crippen molar-refractivity contribution in [2.45, 2.75) is 32.2 Å². The Hall–Kier alpha value is -3.14. The van der Waals surface area contributed by atoms with Crippen molar-refractivity contribution in [3.63, 3.8) is 0 Å². The normalized spacial score (nSPS) is 22.4. The number of carbonyl (C=O) groups is 2. The van der Waals surface area contributed by atoms with Crippen molar-refractivity contribution in [3.05, 3.63) is 36.3 Å². The van der Waals surface area contributed by atoms with Gasteiger partial charge in [0.25, 0.3) is 0 Å². The topological polar surface area (TPSA) is 104 Å². The summed E-state index contributed by atoms with van der Waals surface area (Å²) in [6, 6.07) is 4.37. The van der Waals surface area contributed by atoms with Gasteiger partial charge in [-0.05, 0) is 38.3 Å². The fourth-order valence-corrected chi connectivity index (χ4v) is 5.56. The maximum absolute atomic E-state index is 12.0. The Labute approximate surface area is 192 Å². The first-order valence-electron chi connectivity index (χ1n) is 11.6. The Morgan fingerprint density at radius 3 is 2.76 bits per heavy atom. The molecule has 1 spiro atoms. The third kappa shape index (κ3) is 4.15. The van der Waals surface area contributed by atoms with E-state index >= 15 is 0 Å². The first kappa shape index (κ1) is 21.7. The molecule has 0 bridgehead atoms. The van der Waals surface area contributed by atoms with E-state index in [-0.39, 0.29) is 11.4 Å². The van der Waals surface area contributed by atoms with E-state index in [0.717, 1.165) is 56.9 Å². The van der Waals surface area contributed by atoms with Gasteiger partial charge in [-0.1, -0.05) is 0 Å². The predicted molar refractivity (Wildman–Crippen MR) is 121 cm³/mol. The number of ether oxygens (including phenoxy) is 1. The Bertz CT molecular complexity index is 1030. The van der Waals surface area contributed by atoms with Crippen LogP contribution in [0, 0.1) is 5.41 Å². The molecule has 1 aliphatic carbocycles. The van der Waals surface area contributed by atoms with Crippen molar-refractivity contribution in [3.8, 4) is 5.69 Å². The molecular weight excluding hydrogens is 424 g/mol. The Kier molecular flexibility index (Phi) is 5.69. The number of aromatic nitrogens is 3. The molecule has 4 heterocycles. The van der Waals surface area contributed by atoms with E-state index in [9.17, 15) is 9.59 Å². The lowest BCUT2D eigenvalue weighted by molar-refractivity contribution is 0.00903. The van der Waals surface area contributed by atoms with E-state index < -0.39 is 6.09 Å². The summed E-state index contributed by atoms with van der Waals surface area (Å²) < 4.78 is 6.76. The lowest BCUT2D eigenvalue weighted by Gasteiger charge is -2.47. The minimum Gasteiger partial charge on any atom is -0.465 e. The molecule has 1 N–H and O–H groups in total. The molecule has 1 amide bonds. The van der Waals surface area contributed by atoms with Gasteiger partial charge in [0.2, 0.25) is 0 Å². The van der Waals surface area contributed by atoms with Crippen LogP contribution in [0.3, 0.4) is 0 Å². The number of carboxylic acid groups (broad SMARTS) is 1. The molecule has 0 aromatic carbocycles. The number of pyridine rings is 1. The zero-order valence-electron chi connectivity index (χ0n) is 18.9. The Morgan fingerprint density at radius 1 is 1.24 bits per heavy atom. The minimum absolute atomic E-state index is 0.199. The van der Waals surface area contributed by atoms with Crippen LogP contribution in [-0.4, -0.2) is 93.7 Å². The SMILES string of the molecule is CCOC(=O)c1cnn(-c2cccnc2N2CCN(C3CCC4(C3)CN(C(=O)O)C4)CC2)c1. The summed E-state index contributed by atoms with van der Waals surface area (Å²) in [5.74, 6) is 0.477. The van der Waals surface area contributed by atoms with Crippen LogP contribution in [0.2, 0.25) is 0 Å². The highest BCUT2D eigenvalue weighted by Gasteiger charge is 2.50. The predicted octanol–water partition coefficient (Wildman–Crippen LogP) is 2.10. The van der Waals surface area contributed by atoms with Crippen molar-refractivity contribution in [2.75, 3.05) is 50.8 Å². The third-order valence-corrected chi connectivity index (χ3v) is 7.24. The molecule has 1 unspecified atom stereocenters. The average molecular weight is 455 g/mol. The average Bonchev–Trinajstić information content (AvgIpc) is 3.47. The van der Waals surface area contributed by atoms with Gasteiger partial charge in [0, 0.05) is 63.1 Å². The lowest BCUT2D eigenvalue weighted by Crippen LogP contribution is -2.58. The molecule has 1 saturated carbocycles. The summed E-state index contributed by atoms with van der Waals surface area (Å²) in [7, 11) is 0. The van der Waals surface area contributed by atoms with Gasteiger partial charge < -0.3 is 19.6 Å². The number of nitrogens with zero attached hydrogens (tertiary/aromatic N) is 6. The number of rotatable bonds is 5. The molecule has 33 heavy (non-hydrogen) atoms. The van der Waals surface area contributed by atoms with Crippen LogP contribution in [0.1, 0.15) is 36.5 Å². The molecule has 2 aliphatic heterocycles. The number of hydrogen-bond acceptors (Lipinski definition) is 7. The number of likely N-dealkylation sites (tertiary alicyclic amines) is 1. The van der Waals surface area contributed by atoms with Crippen LogP contribution < -0.4 is 4.90 Å². The van der Waals surface area contributed by atoms with Crippen molar-refractivity contribution >= 4 is 17.9 Å². The van der Waals surface area contributed by atoms with Gasteiger partial charge in [0.1, 0.15) is 5.69 Å². The first-order valence-corrected chi connectivity index (χ1v) is 11.6. The van der Waals surface area contributed by atoms with Crippen molar-refractivity contribution in [1.29, 1.82) is 0 Å². The van der Waals surface area contributed by atoms with Crippen LogP contribution >= 0.6 is 0 Å². The zero-order chi connectivity index (χ0) is 23.0. The third-order valence-electron chi connectivity index (χ3n) is 7.24. The summed E-state index contributed by atoms with van der Waals surface area (Å²) >= 11 is 0. The van der Waals surface area contributed by atoms with E-state index in [2.05, 4.69) is 19.9 Å². The lowest BCUT2D eigenvalue weighted by atomic mass is 9.78. The van der Waals surface area contributed by atoms with Crippen LogP contribution in [0.25, 0.3) is 5.69 Å². The molecule has 10 heteroatoms. The number of esters is 1. The standard InChI is InChI=1S/C23H30N6O4/c1-2-33-21(30)17-13-25-29(14-17)19-4-3-7-24-20(19)27-10-8-26(9-11-27)18-5-6-23(12-18)15-28(16-23)22(31)32/h3-4,7,13-14,18H,2,5-6,8-12,15-16H2,1H3,(H,31,32). The van der Waals surface area contributed by atoms with Gasteiger partial charge in [0.05, 0.1) is 18.4 Å². The highest BCUT2D eigenvalue weighted by molar-refractivity contribution is 5.88. The maximum atomic E-state index is 12.0. The fraction of sp³-hybridized carbons (Fsp3) is 0.565. The number of anilines is 1. The molecule has 2 saturated heterocycles. The monoisotopic (exact) mass is 454 g/mol. The molecule has 5 rings (SSSR count). The first-order chi connectivity index (χ1) is 16.0. The second kappa shape index (κ2) is 8.66. The van der Waals surface area contributed by atoms with E-state index in [0.29, 0.717) is 31.3 Å². The summed E-state index contributed by atoms with van der Waals surface area (Å²) in [6.45, 7) is 7.11. The van der Waals surface area contributed by atoms with Gasteiger partial charge in [-0.2, -0.15) is 5.10 Å². The van der Waals surface area contributed by atoms with Crippen molar-refractivity contribution in [1.82, 2.24) is 24.6 Å². The molecule has 176 valence electrons. The second-order valence-corrected chi connectivity index (χ2v) is 9.30. The van der Waals surface area contributed by atoms with Crippen LogP contribution in [0.5, 0.6) is 0 Å². The number of carbonyl (C=O) groups excluding carboxylic acids is 1. The number of piperazine rings is 1. The number of amides is 1. The van der Waals surface area contributed by atoms with Crippen LogP contribution in [-0.2, 0) is 4.74 Å². The fourth-order valence-electron chi connectivity index (χ4n) is 5.56. The van der Waals surface area contributed by atoms with E-state index in [1.807, 2.05) is 12.1 Å². The molecule has 2 aromatic rings. The number of hydrogen-bond donors (Lipinski definition) is 1. The maximum Gasteiger partial charge on any atom is 0.407 e. The van der Waals surface area contributed by atoms with Gasteiger partial charge in [-0.25, -0.2) is 19.3 Å². The van der Waals surface area contributed by atoms with Crippen molar-refractivity contribution in [2.24, 2.45) is 5.41 Å². The van der Waals surface area contributed by atoms with E-state index in [1.165, 1.54) is 11.1 Å². The molecule has 1 atom stereocenters.